The van der Waals surface area contributed by atoms with E-state index in [4.69, 9.17) is 16.0 Å². The van der Waals surface area contributed by atoms with E-state index in [1.165, 1.54) is 12.8 Å². The van der Waals surface area contributed by atoms with Crippen LogP contribution in [0, 0.1) is 11.3 Å². The van der Waals surface area contributed by atoms with Gasteiger partial charge in [0.15, 0.2) is 0 Å². The fourth-order valence-electron chi connectivity index (χ4n) is 3.20. The van der Waals surface area contributed by atoms with E-state index in [0.29, 0.717) is 22.9 Å². The van der Waals surface area contributed by atoms with Crippen LogP contribution in [0.3, 0.4) is 0 Å². The van der Waals surface area contributed by atoms with E-state index in [0.717, 1.165) is 29.8 Å². The fourth-order valence-corrected chi connectivity index (χ4v) is 3.20. The van der Waals surface area contributed by atoms with Crippen molar-refractivity contribution in [2.24, 2.45) is 0 Å². The van der Waals surface area contributed by atoms with E-state index in [9.17, 15) is 0 Å². The van der Waals surface area contributed by atoms with Crippen molar-refractivity contribution in [1.82, 2.24) is 9.97 Å². The summed E-state index contributed by atoms with van der Waals surface area (Å²) < 4.78 is 0. The van der Waals surface area contributed by atoms with Gasteiger partial charge in [-0.25, -0.2) is 4.98 Å². The number of nitrogens with zero attached hydrogens (tertiary/aromatic N) is 4. The lowest BCUT2D eigenvalue weighted by molar-refractivity contribution is 0.941. The maximum absolute atomic E-state index is 9.11. The second kappa shape index (κ2) is 6.29. The number of anilines is 4. The van der Waals surface area contributed by atoms with Gasteiger partial charge in [-0.15, -0.1) is 0 Å². The Morgan fingerprint density at radius 3 is 2.68 bits per heavy atom. The first-order valence-electron chi connectivity index (χ1n) is 8.32. The molecule has 0 unspecified atom stereocenters. The van der Waals surface area contributed by atoms with Crippen LogP contribution >= 0.6 is 0 Å². The predicted octanol–water partition coefficient (Wildman–Crippen LogP) is 3.43. The molecule has 0 amide bonds. The minimum absolute atomic E-state index is 0.503. The number of nitrogens with two attached hydrogens (primary N) is 1. The molecule has 1 saturated heterocycles. The van der Waals surface area contributed by atoms with E-state index < -0.39 is 0 Å². The second-order valence-corrected chi connectivity index (χ2v) is 6.16. The summed E-state index contributed by atoms with van der Waals surface area (Å²) in [5.74, 6) is 1.46. The molecule has 2 aromatic carbocycles. The number of nitrogen functional groups attached to an aromatic ring is 1. The molecule has 2 heterocycles. The molecule has 1 aromatic heterocycles. The number of rotatable bonds is 3. The summed E-state index contributed by atoms with van der Waals surface area (Å²) >= 11 is 0. The number of benzene rings is 2. The van der Waals surface area contributed by atoms with Gasteiger partial charge in [-0.2, -0.15) is 10.2 Å². The Kier molecular flexibility index (Phi) is 3.82. The zero-order valence-corrected chi connectivity index (χ0v) is 13.7. The topological polar surface area (TPSA) is 90.9 Å². The summed E-state index contributed by atoms with van der Waals surface area (Å²) in [5.41, 5.74) is 8.50. The normalized spacial score (nSPS) is 13.8. The SMILES string of the molecule is N#Cc1cc(N)cc(Nc2nc(N3CCCC3)c3ccccc3n2)c1. The lowest BCUT2D eigenvalue weighted by atomic mass is 10.2. The summed E-state index contributed by atoms with van der Waals surface area (Å²) in [7, 11) is 0. The molecule has 0 radical (unpaired) electrons. The van der Waals surface area contributed by atoms with Gasteiger partial charge in [-0.3, -0.25) is 0 Å². The van der Waals surface area contributed by atoms with E-state index in [1.54, 1.807) is 18.2 Å². The van der Waals surface area contributed by atoms with Crippen molar-refractivity contribution in [3.8, 4) is 6.07 Å². The maximum Gasteiger partial charge on any atom is 0.229 e. The van der Waals surface area contributed by atoms with Crippen LogP contribution < -0.4 is 16.0 Å². The highest BCUT2D eigenvalue weighted by molar-refractivity contribution is 5.91. The van der Waals surface area contributed by atoms with Gasteiger partial charge in [-0.1, -0.05) is 12.1 Å². The third-order valence-corrected chi connectivity index (χ3v) is 4.33. The van der Waals surface area contributed by atoms with E-state index >= 15 is 0 Å². The van der Waals surface area contributed by atoms with Crippen LogP contribution in [-0.2, 0) is 0 Å². The van der Waals surface area contributed by atoms with Crippen LogP contribution in [0.4, 0.5) is 23.1 Å². The standard InChI is InChI=1S/C19H18N6/c20-12-13-9-14(21)11-15(10-13)22-19-23-17-6-2-1-5-16(17)18(24-19)25-7-3-4-8-25/h1-2,5-6,9-11H,3-4,7-8,21H2,(H,22,23,24). The molecule has 3 aromatic rings. The Morgan fingerprint density at radius 2 is 1.88 bits per heavy atom. The van der Waals surface area contributed by atoms with Crippen molar-refractivity contribution in [2.75, 3.05) is 29.0 Å². The summed E-state index contributed by atoms with van der Waals surface area (Å²) in [6.07, 6.45) is 2.36. The molecule has 0 spiro atoms. The fraction of sp³-hybridized carbons (Fsp3) is 0.211. The summed E-state index contributed by atoms with van der Waals surface area (Å²) in [4.78, 5) is 11.7. The Balaban J connectivity index is 1.77. The first-order valence-corrected chi connectivity index (χ1v) is 8.32. The molecule has 0 saturated carbocycles. The molecule has 1 aliphatic heterocycles. The van der Waals surface area contributed by atoms with Crippen molar-refractivity contribution in [3.63, 3.8) is 0 Å². The molecule has 124 valence electrons. The van der Waals surface area contributed by atoms with Crippen molar-refractivity contribution in [3.05, 3.63) is 48.0 Å². The minimum atomic E-state index is 0.503. The molecule has 1 aliphatic rings. The highest BCUT2D eigenvalue weighted by atomic mass is 15.2. The summed E-state index contributed by atoms with van der Waals surface area (Å²) in [5, 5.41) is 13.4. The molecule has 6 nitrogen and oxygen atoms in total. The molecular weight excluding hydrogens is 312 g/mol. The number of para-hydroxylation sites is 1. The van der Waals surface area contributed by atoms with Gasteiger partial charge in [0.25, 0.3) is 0 Å². The molecule has 1 fully saturated rings. The number of fused-ring (bicyclic) bond motifs is 1. The van der Waals surface area contributed by atoms with E-state index in [-0.39, 0.29) is 0 Å². The number of hydrogen-bond acceptors (Lipinski definition) is 6. The highest BCUT2D eigenvalue weighted by Gasteiger charge is 2.18. The Bertz CT molecular complexity index is 969. The lowest BCUT2D eigenvalue weighted by Crippen LogP contribution is -2.20. The first kappa shape index (κ1) is 15.2. The van der Waals surface area contributed by atoms with Crippen LogP contribution in [0.5, 0.6) is 0 Å². The number of nitriles is 1. The maximum atomic E-state index is 9.11. The van der Waals surface area contributed by atoms with Gasteiger partial charge in [0.2, 0.25) is 5.95 Å². The van der Waals surface area contributed by atoms with E-state index in [1.807, 2.05) is 18.2 Å². The molecule has 0 aliphatic carbocycles. The van der Waals surface area contributed by atoms with Crippen LogP contribution in [0.1, 0.15) is 18.4 Å². The summed E-state index contributed by atoms with van der Waals surface area (Å²) in [6, 6.07) is 15.3. The zero-order chi connectivity index (χ0) is 17.2. The molecule has 6 heteroatoms. The number of nitrogens with one attached hydrogen (secondary N) is 1. The van der Waals surface area contributed by atoms with Crippen LogP contribution in [-0.4, -0.2) is 23.1 Å². The van der Waals surface area contributed by atoms with Crippen molar-refractivity contribution in [1.29, 1.82) is 5.26 Å². The van der Waals surface area contributed by atoms with Gasteiger partial charge in [0.05, 0.1) is 17.1 Å². The zero-order valence-electron chi connectivity index (χ0n) is 13.7. The van der Waals surface area contributed by atoms with Crippen LogP contribution in [0.25, 0.3) is 10.9 Å². The van der Waals surface area contributed by atoms with Crippen molar-refractivity contribution in [2.45, 2.75) is 12.8 Å². The third-order valence-electron chi connectivity index (χ3n) is 4.33. The monoisotopic (exact) mass is 330 g/mol. The number of hydrogen-bond donors (Lipinski definition) is 2. The molecule has 4 rings (SSSR count). The largest absolute Gasteiger partial charge is 0.399 e. The molecule has 25 heavy (non-hydrogen) atoms. The van der Waals surface area contributed by atoms with Gasteiger partial charge >= 0.3 is 0 Å². The smallest absolute Gasteiger partial charge is 0.229 e. The Hall–Kier alpha value is -3.33. The van der Waals surface area contributed by atoms with Crippen LogP contribution in [0.15, 0.2) is 42.5 Å². The summed E-state index contributed by atoms with van der Waals surface area (Å²) in [6.45, 7) is 2.02. The van der Waals surface area contributed by atoms with Crippen LogP contribution in [0.2, 0.25) is 0 Å². The second-order valence-electron chi connectivity index (χ2n) is 6.16. The predicted molar refractivity (Wildman–Crippen MR) is 99.8 cm³/mol. The Labute approximate surface area is 145 Å². The van der Waals surface area contributed by atoms with Crippen molar-refractivity contribution < 1.29 is 0 Å². The minimum Gasteiger partial charge on any atom is -0.399 e. The quantitative estimate of drug-likeness (QED) is 0.715. The molecule has 0 bridgehead atoms. The average Bonchev–Trinajstić information content (AvgIpc) is 3.15. The molecule has 3 N–H and O–H groups in total. The number of aromatic nitrogens is 2. The Morgan fingerprint density at radius 1 is 1.08 bits per heavy atom. The average molecular weight is 330 g/mol. The third kappa shape index (κ3) is 3.04. The first-order chi connectivity index (χ1) is 12.2. The lowest BCUT2D eigenvalue weighted by Gasteiger charge is -2.19. The highest BCUT2D eigenvalue weighted by Crippen LogP contribution is 2.29. The van der Waals surface area contributed by atoms with E-state index in [2.05, 4.69) is 27.3 Å². The van der Waals surface area contributed by atoms with Gasteiger partial charge in [0.1, 0.15) is 5.82 Å². The molecular formula is C19H18N6. The van der Waals surface area contributed by atoms with Gasteiger partial charge in [0, 0.05) is 29.9 Å². The van der Waals surface area contributed by atoms with Crippen molar-refractivity contribution >= 4 is 34.0 Å². The van der Waals surface area contributed by atoms with Gasteiger partial charge in [-0.05, 0) is 43.2 Å². The van der Waals surface area contributed by atoms with Gasteiger partial charge < -0.3 is 16.0 Å². The molecule has 0 atom stereocenters.